The predicted octanol–water partition coefficient (Wildman–Crippen LogP) is 20.2. The van der Waals surface area contributed by atoms with Crippen molar-refractivity contribution in [2.24, 2.45) is 0 Å². The molecule has 0 aromatic rings. The highest BCUT2D eigenvalue weighted by Gasteiger charge is 2.20. The van der Waals surface area contributed by atoms with Gasteiger partial charge in [0.05, 0.1) is 31.3 Å². The van der Waals surface area contributed by atoms with Crippen LogP contribution < -0.4 is 5.32 Å². The number of carbonyl (C=O) groups is 1. The number of hydrogen-bond acceptors (Lipinski definition) is 4. The molecule has 5 heteroatoms. The van der Waals surface area contributed by atoms with Gasteiger partial charge in [0.15, 0.2) is 0 Å². The maximum atomic E-state index is 12.5. The first kappa shape index (κ1) is 68.1. The Morgan fingerprint density at radius 3 is 0.841 bits per heavy atom. The molecule has 0 aliphatic rings. The van der Waals surface area contributed by atoms with Gasteiger partial charge in [-0.3, -0.25) is 4.79 Å². The summed E-state index contributed by atoms with van der Waals surface area (Å²) in [5, 5.41) is 33.5. The lowest BCUT2D eigenvalue weighted by atomic mass is 10.0. The molecular formula is C64H127NO4. The minimum absolute atomic E-state index is 0.0196. The third kappa shape index (κ3) is 56.2. The van der Waals surface area contributed by atoms with E-state index in [1.807, 2.05) is 6.08 Å². The van der Waals surface area contributed by atoms with Crippen molar-refractivity contribution in [1.82, 2.24) is 5.32 Å². The van der Waals surface area contributed by atoms with E-state index in [2.05, 4.69) is 19.2 Å². The fourth-order valence-corrected chi connectivity index (χ4v) is 10.5. The number of aliphatic hydroxyl groups excluding tert-OH is 3. The first-order valence-electron chi connectivity index (χ1n) is 32.0. The third-order valence-corrected chi connectivity index (χ3v) is 15.3. The van der Waals surface area contributed by atoms with Gasteiger partial charge in [-0.2, -0.15) is 0 Å². The molecule has 0 bridgehead atoms. The van der Waals surface area contributed by atoms with E-state index in [0.717, 1.165) is 25.7 Å². The molecule has 69 heavy (non-hydrogen) atoms. The largest absolute Gasteiger partial charge is 0.394 e. The average Bonchev–Trinajstić information content (AvgIpc) is 3.35. The van der Waals surface area contributed by atoms with E-state index in [-0.39, 0.29) is 18.9 Å². The van der Waals surface area contributed by atoms with E-state index < -0.39 is 18.2 Å². The number of aliphatic hydroxyl groups is 3. The van der Waals surface area contributed by atoms with Crippen molar-refractivity contribution in [2.45, 2.75) is 385 Å². The summed E-state index contributed by atoms with van der Waals surface area (Å²) in [6, 6.07) is -0.741. The van der Waals surface area contributed by atoms with Gasteiger partial charge < -0.3 is 20.6 Å². The molecule has 0 aromatic carbocycles. The van der Waals surface area contributed by atoms with Crippen LogP contribution >= 0.6 is 0 Å². The van der Waals surface area contributed by atoms with E-state index in [1.54, 1.807) is 6.08 Å². The second-order valence-corrected chi connectivity index (χ2v) is 22.4. The SMILES string of the molecule is CCCCCCCCCCCCCCCCC/C=C/C(O)C(CO)NC(=O)CC(O)CCCCCCCCCCCCCCCCCCCCCCCCCCCCCCCCCCCCCCC. The molecule has 0 aromatic heterocycles. The van der Waals surface area contributed by atoms with E-state index in [9.17, 15) is 20.1 Å². The molecule has 0 radical (unpaired) electrons. The zero-order chi connectivity index (χ0) is 50.0. The zero-order valence-electron chi connectivity index (χ0n) is 47.2. The predicted molar refractivity (Wildman–Crippen MR) is 305 cm³/mol. The fourth-order valence-electron chi connectivity index (χ4n) is 10.5. The molecular weight excluding hydrogens is 847 g/mol. The topological polar surface area (TPSA) is 89.8 Å². The van der Waals surface area contributed by atoms with Crippen LogP contribution in [-0.4, -0.2) is 46.1 Å². The lowest BCUT2D eigenvalue weighted by Gasteiger charge is -2.21. The standard InChI is InChI=1S/C64H127NO4/c1-3-5-7-9-11-13-15-17-19-21-22-23-24-25-26-27-28-29-30-31-32-33-34-35-36-37-38-39-40-42-43-45-47-49-51-53-55-57-61(67)59-64(69)65-62(60-66)63(68)58-56-54-52-50-48-46-44-41-20-18-16-14-12-10-8-6-4-2/h56,58,61-63,66-68H,3-55,57,59-60H2,1-2H3,(H,65,69)/b58-56+. The van der Waals surface area contributed by atoms with E-state index in [4.69, 9.17) is 0 Å². The first-order chi connectivity index (χ1) is 34.0. The Bertz CT molecular complexity index is 987. The number of rotatable bonds is 60. The summed E-state index contributed by atoms with van der Waals surface area (Å²) < 4.78 is 0. The molecule has 5 nitrogen and oxygen atoms in total. The summed E-state index contributed by atoms with van der Waals surface area (Å²) in [6.07, 6.45) is 75.9. The van der Waals surface area contributed by atoms with Crippen molar-refractivity contribution in [3.8, 4) is 0 Å². The Morgan fingerprint density at radius 1 is 0.362 bits per heavy atom. The van der Waals surface area contributed by atoms with Crippen molar-refractivity contribution in [2.75, 3.05) is 6.61 Å². The first-order valence-corrected chi connectivity index (χ1v) is 32.0. The molecule has 0 heterocycles. The number of carbonyl (C=O) groups excluding carboxylic acids is 1. The molecule has 0 saturated heterocycles. The van der Waals surface area contributed by atoms with Crippen LogP contribution in [0, 0.1) is 0 Å². The van der Waals surface area contributed by atoms with Crippen LogP contribution in [-0.2, 0) is 4.79 Å². The summed E-state index contributed by atoms with van der Waals surface area (Å²) in [5.74, 6) is -0.307. The third-order valence-electron chi connectivity index (χ3n) is 15.3. The lowest BCUT2D eigenvalue weighted by Crippen LogP contribution is -2.45. The van der Waals surface area contributed by atoms with E-state index >= 15 is 0 Å². The van der Waals surface area contributed by atoms with E-state index in [1.165, 1.54) is 315 Å². The van der Waals surface area contributed by atoms with Gasteiger partial charge in [0.1, 0.15) is 0 Å². The maximum absolute atomic E-state index is 12.5. The monoisotopic (exact) mass is 974 g/mol. The molecule has 0 aliphatic carbocycles. The Balaban J connectivity index is 3.42. The number of amides is 1. The van der Waals surface area contributed by atoms with Crippen molar-refractivity contribution >= 4 is 5.91 Å². The quantitative estimate of drug-likeness (QED) is 0.0361. The Kier molecular flexibility index (Phi) is 58.9. The minimum Gasteiger partial charge on any atom is -0.394 e. The summed E-state index contributed by atoms with van der Waals surface area (Å²) >= 11 is 0. The number of unbranched alkanes of at least 4 members (excludes halogenated alkanes) is 51. The van der Waals surface area contributed by atoms with Gasteiger partial charge in [0, 0.05) is 0 Å². The van der Waals surface area contributed by atoms with E-state index in [0.29, 0.717) is 6.42 Å². The van der Waals surface area contributed by atoms with Crippen LogP contribution in [0.4, 0.5) is 0 Å². The highest BCUT2D eigenvalue weighted by Crippen LogP contribution is 2.19. The van der Waals surface area contributed by atoms with Crippen LogP contribution in [0.1, 0.15) is 367 Å². The van der Waals surface area contributed by atoms with Crippen molar-refractivity contribution in [3.05, 3.63) is 12.2 Å². The Labute approximate surface area is 433 Å². The molecule has 3 atom stereocenters. The van der Waals surface area contributed by atoms with Crippen LogP contribution in [0.5, 0.6) is 0 Å². The zero-order valence-corrected chi connectivity index (χ0v) is 47.2. The summed E-state index contributed by atoms with van der Waals surface area (Å²) in [7, 11) is 0. The second kappa shape index (κ2) is 59.7. The molecule has 4 N–H and O–H groups in total. The van der Waals surface area contributed by atoms with Gasteiger partial charge in [-0.1, -0.05) is 353 Å². The highest BCUT2D eigenvalue weighted by molar-refractivity contribution is 5.76. The number of allylic oxidation sites excluding steroid dienone is 1. The van der Waals surface area contributed by atoms with Crippen LogP contribution in [0.25, 0.3) is 0 Å². The Hall–Kier alpha value is -0.910. The minimum atomic E-state index is -0.926. The fraction of sp³-hybridized carbons (Fsp3) is 0.953. The van der Waals surface area contributed by atoms with Crippen LogP contribution in [0.3, 0.4) is 0 Å². The van der Waals surface area contributed by atoms with Gasteiger partial charge >= 0.3 is 0 Å². The Morgan fingerprint density at radius 2 is 0.594 bits per heavy atom. The normalized spacial score (nSPS) is 13.2. The van der Waals surface area contributed by atoms with Crippen molar-refractivity contribution in [1.29, 1.82) is 0 Å². The molecule has 0 aliphatic heterocycles. The average molecular weight is 975 g/mol. The second-order valence-electron chi connectivity index (χ2n) is 22.4. The highest BCUT2D eigenvalue weighted by atomic mass is 16.3. The summed E-state index contributed by atoms with van der Waals surface area (Å²) in [6.45, 7) is 4.26. The summed E-state index contributed by atoms with van der Waals surface area (Å²) in [5.41, 5.74) is 0. The number of hydrogen-bond donors (Lipinski definition) is 4. The molecule has 0 rings (SSSR count). The van der Waals surface area contributed by atoms with Crippen molar-refractivity contribution in [3.63, 3.8) is 0 Å². The molecule has 0 fully saturated rings. The van der Waals surface area contributed by atoms with Gasteiger partial charge in [0.25, 0.3) is 0 Å². The van der Waals surface area contributed by atoms with Crippen LogP contribution in [0.15, 0.2) is 12.2 Å². The molecule has 412 valence electrons. The van der Waals surface area contributed by atoms with Gasteiger partial charge in [-0.15, -0.1) is 0 Å². The lowest BCUT2D eigenvalue weighted by molar-refractivity contribution is -0.124. The smallest absolute Gasteiger partial charge is 0.222 e. The molecule has 1 amide bonds. The van der Waals surface area contributed by atoms with Crippen LogP contribution in [0.2, 0.25) is 0 Å². The summed E-state index contributed by atoms with van der Waals surface area (Å²) in [4.78, 5) is 12.5. The molecule has 0 saturated carbocycles. The molecule has 0 spiro atoms. The maximum Gasteiger partial charge on any atom is 0.222 e. The number of nitrogens with one attached hydrogen (secondary N) is 1. The van der Waals surface area contributed by atoms with Gasteiger partial charge in [-0.05, 0) is 19.3 Å². The van der Waals surface area contributed by atoms with Gasteiger partial charge in [0.2, 0.25) is 5.91 Å². The molecule has 3 unspecified atom stereocenters. The van der Waals surface area contributed by atoms with Crippen molar-refractivity contribution < 1.29 is 20.1 Å². The van der Waals surface area contributed by atoms with Gasteiger partial charge in [-0.25, -0.2) is 0 Å².